The Bertz CT molecular complexity index is 671. The molecule has 130 valence electrons. The zero-order valence-electron chi connectivity index (χ0n) is 14.7. The smallest absolute Gasteiger partial charge is 0.230 e. The number of amides is 1. The van der Waals surface area contributed by atoms with Gasteiger partial charge in [-0.15, -0.1) is 10.2 Å². The van der Waals surface area contributed by atoms with Crippen LogP contribution in [-0.4, -0.2) is 40.0 Å². The second kappa shape index (κ2) is 8.30. The number of hydrogen-bond donors (Lipinski definition) is 2. The van der Waals surface area contributed by atoms with Crippen molar-refractivity contribution in [2.75, 3.05) is 14.1 Å². The van der Waals surface area contributed by atoms with Gasteiger partial charge in [0.15, 0.2) is 11.0 Å². The summed E-state index contributed by atoms with van der Waals surface area (Å²) < 4.78 is 2.11. The van der Waals surface area contributed by atoms with E-state index in [-0.39, 0.29) is 17.2 Å². The molecule has 1 aromatic carbocycles. The highest BCUT2D eigenvalue weighted by molar-refractivity contribution is 8.00. The number of aromatic nitrogens is 3. The highest BCUT2D eigenvalue weighted by atomic mass is 32.2. The van der Waals surface area contributed by atoms with Gasteiger partial charge in [0.05, 0.1) is 25.9 Å². The molecule has 2 atom stereocenters. The number of nitrogens with zero attached hydrogens (tertiary/aromatic N) is 3. The number of rotatable bonds is 8. The molecule has 0 bridgehead atoms. The quantitative estimate of drug-likeness (QED) is 0.695. The molecule has 0 unspecified atom stereocenters. The summed E-state index contributed by atoms with van der Waals surface area (Å²) in [5.41, 5.74) is 6.58. The van der Waals surface area contributed by atoms with Crippen molar-refractivity contribution in [1.29, 1.82) is 0 Å². The Hall–Kier alpha value is -1.86. The molecule has 0 aliphatic rings. The Balaban J connectivity index is 2.40. The van der Waals surface area contributed by atoms with Gasteiger partial charge in [0, 0.05) is 6.42 Å². The highest BCUT2D eigenvalue weighted by Crippen LogP contribution is 2.25. The molecule has 0 aliphatic heterocycles. The number of primary amides is 1. The van der Waals surface area contributed by atoms with Gasteiger partial charge in [-0.2, -0.15) is 0 Å². The van der Waals surface area contributed by atoms with E-state index in [2.05, 4.69) is 47.9 Å². The molecular weight excluding hydrogens is 322 g/mol. The second-order valence-corrected chi connectivity index (χ2v) is 7.42. The molecule has 0 fully saturated rings. The lowest BCUT2D eigenvalue weighted by molar-refractivity contribution is -0.893. The summed E-state index contributed by atoms with van der Waals surface area (Å²) >= 11 is 1.36. The van der Waals surface area contributed by atoms with Crippen LogP contribution < -0.4 is 10.6 Å². The van der Waals surface area contributed by atoms with Crippen molar-refractivity contribution in [1.82, 2.24) is 14.8 Å². The first-order valence-corrected chi connectivity index (χ1v) is 9.05. The largest absolute Gasteiger partial charge is 0.369 e. The van der Waals surface area contributed by atoms with Crippen LogP contribution in [0.5, 0.6) is 0 Å². The second-order valence-electron chi connectivity index (χ2n) is 6.11. The molecule has 0 aliphatic carbocycles. The van der Waals surface area contributed by atoms with Crippen LogP contribution in [0.4, 0.5) is 0 Å². The van der Waals surface area contributed by atoms with Gasteiger partial charge in [-0.05, 0) is 12.5 Å². The number of hydrogen-bond acceptors (Lipinski definition) is 4. The molecule has 1 aromatic heterocycles. The molecule has 0 saturated heterocycles. The molecule has 6 nitrogen and oxygen atoms in total. The van der Waals surface area contributed by atoms with E-state index < -0.39 is 0 Å². The fraction of sp³-hybridized carbons (Fsp3) is 0.471. The van der Waals surface area contributed by atoms with Crippen LogP contribution >= 0.6 is 11.8 Å². The van der Waals surface area contributed by atoms with E-state index in [0.717, 1.165) is 17.4 Å². The van der Waals surface area contributed by atoms with Crippen molar-refractivity contribution in [2.45, 2.75) is 43.3 Å². The van der Waals surface area contributed by atoms with Crippen LogP contribution in [0.1, 0.15) is 37.7 Å². The first-order chi connectivity index (χ1) is 11.4. The van der Waals surface area contributed by atoms with E-state index in [1.165, 1.54) is 22.2 Å². The third-order valence-electron chi connectivity index (χ3n) is 4.03. The number of nitrogens with two attached hydrogens (primary N) is 1. The Labute approximate surface area is 147 Å². The number of carbonyl (C=O) groups excluding carboxylic acids is 1. The number of nitrogens with one attached hydrogen (secondary N) is 1. The minimum Gasteiger partial charge on any atom is -0.369 e. The first kappa shape index (κ1) is 18.5. The Morgan fingerprint density at radius 2 is 1.96 bits per heavy atom. The molecule has 7 heteroatoms. The van der Waals surface area contributed by atoms with Crippen molar-refractivity contribution in [2.24, 2.45) is 5.73 Å². The fourth-order valence-corrected chi connectivity index (χ4v) is 3.43. The SMILES string of the molecule is CC[C@H](c1nnc(S[C@@H](C)C(N)=O)n1Cc1ccccc1)[NH+](C)C. The summed E-state index contributed by atoms with van der Waals surface area (Å²) in [6.07, 6.45) is 0.964. The molecule has 0 radical (unpaired) electrons. The van der Waals surface area contributed by atoms with Crippen molar-refractivity contribution < 1.29 is 9.69 Å². The monoisotopic (exact) mass is 348 g/mol. The van der Waals surface area contributed by atoms with E-state index in [4.69, 9.17) is 5.73 Å². The van der Waals surface area contributed by atoms with Crippen LogP contribution in [-0.2, 0) is 11.3 Å². The van der Waals surface area contributed by atoms with E-state index in [0.29, 0.717) is 6.54 Å². The molecule has 24 heavy (non-hydrogen) atoms. The van der Waals surface area contributed by atoms with Crippen LogP contribution in [0.3, 0.4) is 0 Å². The lowest BCUT2D eigenvalue weighted by Crippen LogP contribution is -3.06. The molecule has 1 heterocycles. The third-order valence-corrected chi connectivity index (χ3v) is 5.13. The summed E-state index contributed by atoms with van der Waals surface area (Å²) in [5, 5.41) is 9.17. The first-order valence-electron chi connectivity index (χ1n) is 8.17. The van der Waals surface area contributed by atoms with Gasteiger partial charge in [-0.3, -0.25) is 9.36 Å². The average molecular weight is 348 g/mol. The lowest BCUT2D eigenvalue weighted by Gasteiger charge is -2.20. The summed E-state index contributed by atoms with van der Waals surface area (Å²) in [6, 6.07) is 10.5. The van der Waals surface area contributed by atoms with E-state index >= 15 is 0 Å². The normalized spacial score (nSPS) is 13.9. The summed E-state index contributed by atoms with van der Waals surface area (Å²) in [6.45, 7) is 4.63. The Morgan fingerprint density at radius 3 is 2.50 bits per heavy atom. The van der Waals surface area contributed by atoms with Crippen LogP contribution in [0.15, 0.2) is 35.5 Å². The minimum absolute atomic E-state index is 0.249. The minimum atomic E-state index is -0.346. The van der Waals surface area contributed by atoms with E-state index in [1.807, 2.05) is 18.2 Å². The van der Waals surface area contributed by atoms with Gasteiger partial charge in [0.1, 0.15) is 6.04 Å². The molecular formula is C17H26N5OS+. The van der Waals surface area contributed by atoms with Crippen molar-refractivity contribution >= 4 is 17.7 Å². The topological polar surface area (TPSA) is 78.2 Å². The predicted octanol–water partition coefficient (Wildman–Crippen LogP) is 0.888. The number of benzene rings is 1. The molecule has 3 N–H and O–H groups in total. The van der Waals surface area contributed by atoms with Crippen LogP contribution in [0.25, 0.3) is 0 Å². The molecule has 0 spiro atoms. The number of carbonyl (C=O) groups is 1. The van der Waals surface area contributed by atoms with Gasteiger partial charge in [-0.25, -0.2) is 0 Å². The van der Waals surface area contributed by atoms with Crippen molar-refractivity contribution in [3.8, 4) is 0 Å². The van der Waals surface area contributed by atoms with Gasteiger partial charge < -0.3 is 10.6 Å². The summed E-state index contributed by atoms with van der Waals surface area (Å²) in [7, 11) is 4.24. The Morgan fingerprint density at radius 1 is 1.29 bits per heavy atom. The molecule has 2 rings (SSSR count). The predicted molar refractivity (Wildman–Crippen MR) is 95.9 cm³/mol. The fourth-order valence-electron chi connectivity index (χ4n) is 2.62. The van der Waals surface area contributed by atoms with Gasteiger partial charge >= 0.3 is 0 Å². The average Bonchev–Trinajstić information content (AvgIpc) is 2.91. The maximum Gasteiger partial charge on any atom is 0.230 e. The van der Waals surface area contributed by atoms with Gasteiger partial charge in [-0.1, -0.05) is 49.0 Å². The van der Waals surface area contributed by atoms with E-state index in [9.17, 15) is 4.79 Å². The summed E-state index contributed by atoms with van der Waals surface area (Å²) in [4.78, 5) is 12.7. The molecule has 1 amide bonds. The van der Waals surface area contributed by atoms with Crippen LogP contribution in [0, 0.1) is 0 Å². The Kier molecular flexibility index (Phi) is 6.39. The van der Waals surface area contributed by atoms with Gasteiger partial charge in [0.25, 0.3) is 0 Å². The van der Waals surface area contributed by atoms with Gasteiger partial charge in [0.2, 0.25) is 5.91 Å². The van der Waals surface area contributed by atoms with Crippen LogP contribution in [0.2, 0.25) is 0 Å². The number of quaternary nitrogens is 1. The standard InChI is InChI=1S/C17H25N5OS/c1-5-14(21(3)4)16-19-20-17(24-12(2)15(18)23)22(16)11-13-9-7-6-8-10-13/h6-10,12,14H,5,11H2,1-4H3,(H2,18,23)/p+1/t12-,14+/m0/s1. The zero-order chi connectivity index (χ0) is 17.7. The van der Waals surface area contributed by atoms with Crippen molar-refractivity contribution in [3.63, 3.8) is 0 Å². The highest BCUT2D eigenvalue weighted by Gasteiger charge is 2.26. The zero-order valence-corrected chi connectivity index (χ0v) is 15.5. The third kappa shape index (κ3) is 4.36. The summed E-state index contributed by atoms with van der Waals surface area (Å²) in [5.74, 6) is 0.599. The molecule has 2 aromatic rings. The maximum absolute atomic E-state index is 11.4. The number of thioether (sulfide) groups is 1. The van der Waals surface area contributed by atoms with E-state index in [1.54, 1.807) is 6.92 Å². The maximum atomic E-state index is 11.4. The molecule has 0 saturated carbocycles. The van der Waals surface area contributed by atoms with Crippen molar-refractivity contribution in [3.05, 3.63) is 41.7 Å². The lowest BCUT2D eigenvalue weighted by atomic mass is 10.2.